The lowest BCUT2D eigenvalue weighted by Gasteiger charge is -2.35. The Kier molecular flexibility index (Phi) is 5.97. The summed E-state index contributed by atoms with van der Waals surface area (Å²) < 4.78 is 0.983. The molecule has 1 fully saturated rings. The Morgan fingerprint density at radius 1 is 1.14 bits per heavy atom. The summed E-state index contributed by atoms with van der Waals surface area (Å²) in [6, 6.07) is 7.51. The Bertz CT molecular complexity index is 523. The average Bonchev–Trinajstić information content (AvgIpc) is 2.49. The van der Waals surface area contributed by atoms with Gasteiger partial charge in [-0.1, -0.05) is 29.8 Å². The summed E-state index contributed by atoms with van der Waals surface area (Å²) >= 11 is 3.37. The van der Waals surface area contributed by atoms with Crippen LogP contribution in [0.25, 0.3) is 0 Å². The standard InChI is InChI=1S/C16H22BrN3O2/c1-12(2)16(22)20-9-7-19(8-10-20)11-15(21)18-14-5-3-13(17)4-6-14/h3-6,12H,7-11H2,1-2H3,(H,18,21). The van der Waals surface area contributed by atoms with E-state index in [1.54, 1.807) is 0 Å². The van der Waals surface area contributed by atoms with Crippen molar-refractivity contribution < 1.29 is 9.59 Å². The maximum absolute atomic E-state index is 12.0. The van der Waals surface area contributed by atoms with Gasteiger partial charge in [0.25, 0.3) is 0 Å². The third-order valence-corrected chi connectivity index (χ3v) is 4.20. The first-order chi connectivity index (χ1) is 10.5. The second kappa shape index (κ2) is 7.74. The van der Waals surface area contributed by atoms with Gasteiger partial charge in [0, 0.05) is 42.3 Å². The molecule has 0 bridgehead atoms. The van der Waals surface area contributed by atoms with Crippen LogP contribution in [0.5, 0.6) is 0 Å². The highest BCUT2D eigenvalue weighted by molar-refractivity contribution is 9.10. The molecule has 1 aromatic carbocycles. The number of benzene rings is 1. The molecule has 1 aliphatic rings. The first-order valence-corrected chi connectivity index (χ1v) is 8.31. The van der Waals surface area contributed by atoms with Crippen LogP contribution in [-0.2, 0) is 9.59 Å². The van der Waals surface area contributed by atoms with Gasteiger partial charge >= 0.3 is 0 Å². The predicted molar refractivity (Wildman–Crippen MR) is 90.6 cm³/mol. The van der Waals surface area contributed by atoms with E-state index in [1.165, 1.54) is 0 Å². The maximum Gasteiger partial charge on any atom is 0.238 e. The SMILES string of the molecule is CC(C)C(=O)N1CCN(CC(=O)Nc2ccc(Br)cc2)CC1. The van der Waals surface area contributed by atoms with Gasteiger partial charge < -0.3 is 10.2 Å². The average molecular weight is 368 g/mol. The molecule has 5 nitrogen and oxygen atoms in total. The smallest absolute Gasteiger partial charge is 0.238 e. The lowest BCUT2D eigenvalue weighted by atomic mass is 10.1. The summed E-state index contributed by atoms with van der Waals surface area (Å²) in [6.07, 6.45) is 0. The minimum Gasteiger partial charge on any atom is -0.340 e. The third kappa shape index (κ3) is 4.81. The van der Waals surface area contributed by atoms with Crippen molar-refractivity contribution in [2.24, 2.45) is 5.92 Å². The van der Waals surface area contributed by atoms with Crippen LogP contribution < -0.4 is 5.32 Å². The van der Waals surface area contributed by atoms with Gasteiger partial charge in [-0.2, -0.15) is 0 Å². The Labute approximate surface area is 139 Å². The van der Waals surface area contributed by atoms with Crippen molar-refractivity contribution in [2.45, 2.75) is 13.8 Å². The van der Waals surface area contributed by atoms with Gasteiger partial charge in [0.15, 0.2) is 0 Å². The molecule has 1 heterocycles. The molecule has 0 radical (unpaired) electrons. The Hall–Kier alpha value is -1.40. The fourth-order valence-corrected chi connectivity index (χ4v) is 2.69. The van der Waals surface area contributed by atoms with Crippen molar-refractivity contribution in [1.29, 1.82) is 0 Å². The first kappa shape index (κ1) is 17.0. The highest BCUT2D eigenvalue weighted by Crippen LogP contribution is 2.14. The van der Waals surface area contributed by atoms with Gasteiger partial charge in [-0.25, -0.2) is 0 Å². The van der Waals surface area contributed by atoms with Crippen LogP contribution in [0, 0.1) is 5.92 Å². The quantitative estimate of drug-likeness (QED) is 0.887. The summed E-state index contributed by atoms with van der Waals surface area (Å²) in [6.45, 7) is 7.07. The topological polar surface area (TPSA) is 52.7 Å². The Morgan fingerprint density at radius 3 is 2.27 bits per heavy atom. The zero-order chi connectivity index (χ0) is 16.1. The minimum absolute atomic E-state index is 0.0223. The van der Waals surface area contributed by atoms with E-state index in [0.29, 0.717) is 19.6 Å². The molecule has 1 aromatic rings. The number of carbonyl (C=O) groups is 2. The molecule has 1 aliphatic heterocycles. The summed E-state index contributed by atoms with van der Waals surface area (Å²) in [7, 11) is 0. The van der Waals surface area contributed by atoms with E-state index in [2.05, 4.69) is 26.1 Å². The van der Waals surface area contributed by atoms with Crippen LogP contribution in [0.15, 0.2) is 28.7 Å². The van der Waals surface area contributed by atoms with Gasteiger partial charge in [-0.05, 0) is 24.3 Å². The van der Waals surface area contributed by atoms with Gasteiger partial charge in [0.1, 0.15) is 0 Å². The lowest BCUT2D eigenvalue weighted by molar-refractivity contribution is -0.136. The predicted octanol–water partition coefficient (Wildman–Crippen LogP) is 2.19. The van der Waals surface area contributed by atoms with Crippen LogP contribution in [0.2, 0.25) is 0 Å². The number of amides is 2. The molecule has 120 valence electrons. The van der Waals surface area contributed by atoms with E-state index in [1.807, 2.05) is 43.0 Å². The number of anilines is 1. The molecule has 0 saturated carbocycles. The molecule has 2 amide bonds. The molecule has 0 aromatic heterocycles. The van der Waals surface area contributed by atoms with Crippen LogP contribution in [0.4, 0.5) is 5.69 Å². The summed E-state index contributed by atoms with van der Waals surface area (Å²) in [4.78, 5) is 27.9. The van der Waals surface area contributed by atoms with E-state index in [-0.39, 0.29) is 17.7 Å². The number of nitrogens with one attached hydrogen (secondary N) is 1. The van der Waals surface area contributed by atoms with Crippen molar-refractivity contribution in [2.75, 3.05) is 38.0 Å². The minimum atomic E-state index is -0.0223. The van der Waals surface area contributed by atoms with Gasteiger partial charge in [-0.15, -0.1) is 0 Å². The molecule has 1 N–H and O–H groups in total. The van der Waals surface area contributed by atoms with Crippen LogP contribution >= 0.6 is 15.9 Å². The number of piperazine rings is 1. The van der Waals surface area contributed by atoms with Crippen molar-refractivity contribution in [1.82, 2.24) is 9.80 Å². The van der Waals surface area contributed by atoms with E-state index in [4.69, 9.17) is 0 Å². The monoisotopic (exact) mass is 367 g/mol. The number of nitrogens with zero attached hydrogens (tertiary/aromatic N) is 2. The molecular formula is C16H22BrN3O2. The normalized spacial score (nSPS) is 15.9. The van der Waals surface area contributed by atoms with Crippen molar-refractivity contribution in [3.8, 4) is 0 Å². The molecule has 6 heteroatoms. The van der Waals surface area contributed by atoms with E-state index < -0.39 is 0 Å². The van der Waals surface area contributed by atoms with Crippen LogP contribution in [-0.4, -0.2) is 54.3 Å². The molecule has 0 aliphatic carbocycles. The van der Waals surface area contributed by atoms with Gasteiger partial charge in [0.2, 0.25) is 11.8 Å². The van der Waals surface area contributed by atoms with Crippen LogP contribution in [0.1, 0.15) is 13.8 Å². The highest BCUT2D eigenvalue weighted by Gasteiger charge is 2.23. The lowest BCUT2D eigenvalue weighted by Crippen LogP contribution is -2.51. The molecule has 22 heavy (non-hydrogen) atoms. The number of hydrogen-bond donors (Lipinski definition) is 1. The fraction of sp³-hybridized carbons (Fsp3) is 0.500. The van der Waals surface area contributed by atoms with E-state index >= 15 is 0 Å². The highest BCUT2D eigenvalue weighted by atomic mass is 79.9. The number of halogens is 1. The number of rotatable bonds is 4. The van der Waals surface area contributed by atoms with Crippen molar-refractivity contribution in [3.63, 3.8) is 0 Å². The third-order valence-electron chi connectivity index (χ3n) is 3.67. The summed E-state index contributed by atoms with van der Waals surface area (Å²) in [5.74, 6) is 0.206. The zero-order valence-electron chi connectivity index (χ0n) is 13.0. The molecule has 0 unspecified atom stereocenters. The Morgan fingerprint density at radius 2 is 1.73 bits per heavy atom. The molecular weight excluding hydrogens is 346 g/mol. The summed E-state index contributed by atoms with van der Waals surface area (Å²) in [5.41, 5.74) is 0.793. The zero-order valence-corrected chi connectivity index (χ0v) is 14.6. The molecule has 2 rings (SSSR count). The largest absolute Gasteiger partial charge is 0.340 e. The molecule has 0 atom stereocenters. The van der Waals surface area contributed by atoms with Crippen molar-refractivity contribution in [3.05, 3.63) is 28.7 Å². The molecule has 0 spiro atoms. The first-order valence-electron chi connectivity index (χ1n) is 7.52. The number of carbonyl (C=O) groups excluding carboxylic acids is 2. The number of hydrogen-bond acceptors (Lipinski definition) is 3. The van der Waals surface area contributed by atoms with Gasteiger partial charge in [0.05, 0.1) is 6.54 Å². The Balaban J connectivity index is 1.77. The van der Waals surface area contributed by atoms with E-state index in [0.717, 1.165) is 23.2 Å². The summed E-state index contributed by atoms with van der Waals surface area (Å²) in [5, 5.41) is 2.89. The fourth-order valence-electron chi connectivity index (χ4n) is 2.43. The maximum atomic E-state index is 12.0. The van der Waals surface area contributed by atoms with E-state index in [9.17, 15) is 9.59 Å². The van der Waals surface area contributed by atoms with Crippen molar-refractivity contribution >= 4 is 33.4 Å². The molecule has 1 saturated heterocycles. The van der Waals surface area contributed by atoms with Gasteiger partial charge in [-0.3, -0.25) is 14.5 Å². The second-order valence-electron chi connectivity index (χ2n) is 5.81. The van der Waals surface area contributed by atoms with Crippen LogP contribution in [0.3, 0.4) is 0 Å². The second-order valence-corrected chi connectivity index (χ2v) is 6.73.